The van der Waals surface area contributed by atoms with Crippen molar-refractivity contribution in [1.82, 2.24) is 14.4 Å². The maximum absolute atomic E-state index is 12.7. The number of rotatable bonds is 7. The van der Waals surface area contributed by atoms with Crippen LogP contribution < -0.4 is 5.76 Å². The predicted octanol–water partition coefficient (Wildman–Crippen LogP) is 3.65. The molecule has 1 fully saturated rings. The maximum Gasteiger partial charge on any atom is 0.419 e. The number of halogens is 3. The monoisotopic (exact) mass is 492 g/mol. The first-order valence-corrected chi connectivity index (χ1v) is 11.1. The lowest BCUT2D eigenvalue weighted by molar-refractivity contribution is -0.384. The minimum atomic E-state index is -4.36. The Labute approximate surface area is 197 Å². The molecule has 0 N–H and O–H groups in total. The number of hydrogen-bond acceptors (Lipinski definition) is 6. The molecule has 1 aliphatic heterocycles. The zero-order valence-electron chi connectivity index (χ0n) is 18.7. The summed E-state index contributed by atoms with van der Waals surface area (Å²) in [6.07, 6.45) is -3.73. The number of carbonyl (C=O) groups excluding carboxylic acids is 1. The molecule has 0 bridgehead atoms. The molecule has 0 saturated carbocycles. The van der Waals surface area contributed by atoms with Gasteiger partial charge in [-0.15, -0.1) is 0 Å². The summed E-state index contributed by atoms with van der Waals surface area (Å²) in [5.41, 5.74) is 0.486. The van der Waals surface area contributed by atoms with Crippen LogP contribution in [0.3, 0.4) is 0 Å². The van der Waals surface area contributed by atoms with E-state index in [0.717, 1.165) is 17.7 Å². The summed E-state index contributed by atoms with van der Waals surface area (Å²) < 4.78 is 44.6. The van der Waals surface area contributed by atoms with Crippen molar-refractivity contribution in [3.8, 4) is 0 Å². The van der Waals surface area contributed by atoms with Crippen LogP contribution in [0.4, 0.5) is 18.9 Å². The number of carbonyl (C=O) groups is 1. The number of non-ortho nitro benzene ring substituents is 1. The van der Waals surface area contributed by atoms with Gasteiger partial charge in [-0.25, -0.2) is 4.79 Å². The van der Waals surface area contributed by atoms with Crippen molar-refractivity contribution < 1.29 is 27.3 Å². The Morgan fingerprint density at radius 2 is 1.74 bits per heavy atom. The first kappa shape index (κ1) is 24.5. The number of oxazole rings is 1. The number of aryl methyl sites for hydroxylation is 1. The second-order valence-electron chi connectivity index (χ2n) is 8.38. The minimum Gasteiger partial charge on any atom is -0.407 e. The first-order valence-electron chi connectivity index (χ1n) is 11.1. The molecule has 9 nitrogen and oxygen atoms in total. The fourth-order valence-electron chi connectivity index (χ4n) is 4.14. The molecule has 12 heteroatoms. The van der Waals surface area contributed by atoms with Gasteiger partial charge in [0, 0.05) is 51.8 Å². The molecule has 186 valence electrons. The summed E-state index contributed by atoms with van der Waals surface area (Å²) in [6.45, 7) is 2.99. The topological polar surface area (TPSA) is 102 Å². The highest BCUT2D eigenvalue weighted by Gasteiger charge is 2.30. The fourth-order valence-corrected chi connectivity index (χ4v) is 4.14. The molecule has 2 heterocycles. The molecule has 1 aliphatic rings. The van der Waals surface area contributed by atoms with E-state index < -0.39 is 22.4 Å². The van der Waals surface area contributed by atoms with Crippen LogP contribution in [-0.2, 0) is 24.1 Å². The second-order valence-corrected chi connectivity index (χ2v) is 8.38. The van der Waals surface area contributed by atoms with Gasteiger partial charge in [-0.2, -0.15) is 13.2 Å². The quantitative estimate of drug-likeness (QED) is 0.369. The minimum absolute atomic E-state index is 0.0457. The lowest BCUT2D eigenvalue weighted by atomic mass is 10.1. The number of piperazine rings is 1. The Morgan fingerprint density at radius 1 is 1.06 bits per heavy atom. The molecule has 0 unspecified atom stereocenters. The van der Waals surface area contributed by atoms with Crippen LogP contribution in [0.1, 0.15) is 24.0 Å². The van der Waals surface area contributed by atoms with Crippen molar-refractivity contribution in [3.63, 3.8) is 0 Å². The Balaban J connectivity index is 1.25. The molecule has 0 spiro atoms. The van der Waals surface area contributed by atoms with Gasteiger partial charge in [-0.3, -0.25) is 24.4 Å². The van der Waals surface area contributed by atoms with E-state index in [9.17, 15) is 32.9 Å². The molecule has 2 aromatic carbocycles. The number of nitro benzene ring substituents is 1. The van der Waals surface area contributed by atoms with E-state index in [1.54, 1.807) is 4.90 Å². The van der Waals surface area contributed by atoms with Crippen LogP contribution in [0, 0.1) is 10.1 Å². The number of nitro groups is 1. The van der Waals surface area contributed by atoms with Gasteiger partial charge in [0.15, 0.2) is 5.58 Å². The number of nitrogens with zero attached hydrogens (tertiary/aromatic N) is 4. The Bertz CT molecular complexity index is 1280. The van der Waals surface area contributed by atoms with Crippen LogP contribution >= 0.6 is 0 Å². The van der Waals surface area contributed by atoms with Gasteiger partial charge in [0.1, 0.15) is 0 Å². The Morgan fingerprint density at radius 3 is 2.37 bits per heavy atom. The Hall–Kier alpha value is -3.67. The third-order valence-electron chi connectivity index (χ3n) is 6.05. The normalized spacial score (nSPS) is 15.0. The highest BCUT2D eigenvalue weighted by atomic mass is 19.4. The van der Waals surface area contributed by atoms with E-state index in [-0.39, 0.29) is 30.1 Å². The summed E-state index contributed by atoms with van der Waals surface area (Å²) in [7, 11) is 0. The number of hydrogen-bond donors (Lipinski definition) is 0. The average molecular weight is 492 g/mol. The lowest BCUT2D eigenvalue weighted by Gasteiger charge is -2.35. The standard InChI is InChI=1S/C23H23F3N4O5/c24-23(25,26)17-5-3-16(4-6-17)15-27-10-12-28(13-11-27)21(31)2-1-9-29-19-8-7-18(30(33)34)14-20(19)35-22(29)32/h3-8,14H,1-2,9-13,15H2. The van der Waals surface area contributed by atoms with E-state index in [2.05, 4.69) is 4.90 Å². The van der Waals surface area contributed by atoms with Gasteiger partial charge < -0.3 is 9.32 Å². The van der Waals surface area contributed by atoms with Crippen molar-refractivity contribution in [2.45, 2.75) is 32.1 Å². The van der Waals surface area contributed by atoms with E-state index >= 15 is 0 Å². The van der Waals surface area contributed by atoms with Gasteiger partial charge in [0.05, 0.1) is 22.1 Å². The lowest BCUT2D eigenvalue weighted by Crippen LogP contribution is -2.48. The van der Waals surface area contributed by atoms with Crippen LogP contribution in [0.5, 0.6) is 0 Å². The van der Waals surface area contributed by atoms with Gasteiger partial charge >= 0.3 is 11.9 Å². The first-order chi connectivity index (χ1) is 16.6. The molecule has 1 amide bonds. The van der Waals surface area contributed by atoms with Crippen molar-refractivity contribution in [2.24, 2.45) is 0 Å². The zero-order chi connectivity index (χ0) is 25.2. The molecule has 3 aromatic rings. The van der Waals surface area contributed by atoms with Crippen molar-refractivity contribution in [1.29, 1.82) is 0 Å². The zero-order valence-corrected chi connectivity index (χ0v) is 18.7. The molecule has 0 atom stereocenters. The third-order valence-corrected chi connectivity index (χ3v) is 6.05. The number of fused-ring (bicyclic) bond motifs is 1. The molecule has 4 rings (SSSR count). The highest BCUT2D eigenvalue weighted by Crippen LogP contribution is 2.29. The van der Waals surface area contributed by atoms with E-state index in [1.807, 2.05) is 0 Å². The third kappa shape index (κ3) is 5.70. The second kappa shape index (κ2) is 9.90. The smallest absolute Gasteiger partial charge is 0.407 e. The molecular formula is C23H23F3N4O5. The fraction of sp³-hybridized carbons (Fsp3) is 0.391. The van der Waals surface area contributed by atoms with Crippen molar-refractivity contribution >= 4 is 22.7 Å². The number of alkyl halides is 3. The Kier molecular flexibility index (Phi) is 6.92. The maximum atomic E-state index is 12.7. The van der Waals surface area contributed by atoms with Crippen LogP contribution in [0.15, 0.2) is 51.7 Å². The van der Waals surface area contributed by atoms with E-state index in [1.165, 1.54) is 34.9 Å². The molecule has 1 saturated heterocycles. The molecule has 1 aromatic heterocycles. The highest BCUT2D eigenvalue weighted by molar-refractivity contribution is 5.77. The van der Waals surface area contributed by atoms with E-state index in [4.69, 9.17) is 4.42 Å². The summed E-state index contributed by atoms with van der Waals surface area (Å²) >= 11 is 0. The van der Waals surface area contributed by atoms with Crippen molar-refractivity contribution in [2.75, 3.05) is 26.2 Å². The van der Waals surface area contributed by atoms with Gasteiger partial charge in [0.2, 0.25) is 5.91 Å². The van der Waals surface area contributed by atoms with Gasteiger partial charge in [-0.05, 0) is 30.2 Å². The molecule has 35 heavy (non-hydrogen) atoms. The molecular weight excluding hydrogens is 469 g/mol. The summed E-state index contributed by atoms with van der Waals surface area (Å²) in [5, 5.41) is 10.9. The largest absolute Gasteiger partial charge is 0.419 e. The number of benzene rings is 2. The number of aromatic nitrogens is 1. The summed E-state index contributed by atoms with van der Waals surface area (Å²) in [5.74, 6) is -0.680. The molecule has 0 aliphatic carbocycles. The van der Waals surface area contributed by atoms with Crippen molar-refractivity contribution in [3.05, 3.63) is 74.3 Å². The van der Waals surface area contributed by atoms with Crippen LogP contribution in [0.25, 0.3) is 11.1 Å². The summed E-state index contributed by atoms with van der Waals surface area (Å²) in [6, 6.07) is 9.04. The van der Waals surface area contributed by atoms with Gasteiger partial charge in [0.25, 0.3) is 5.69 Å². The average Bonchev–Trinajstić information content (AvgIpc) is 3.13. The SMILES string of the molecule is O=C(CCCn1c(=O)oc2cc([N+](=O)[O-])ccc21)N1CCN(Cc2ccc(C(F)(F)F)cc2)CC1. The summed E-state index contributed by atoms with van der Waals surface area (Å²) in [4.78, 5) is 38.9. The van der Waals surface area contributed by atoms with Crippen LogP contribution in [0.2, 0.25) is 0 Å². The predicted molar refractivity (Wildman–Crippen MR) is 120 cm³/mol. The van der Waals surface area contributed by atoms with Gasteiger partial charge in [-0.1, -0.05) is 12.1 Å². The van der Waals surface area contributed by atoms with E-state index in [0.29, 0.717) is 44.7 Å². The van der Waals surface area contributed by atoms with Crippen LogP contribution in [-0.4, -0.2) is 51.4 Å². The molecule has 0 radical (unpaired) electrons. The number of amides is 1.